The molecule has 0 saturated heterocycles. The van der Waals surface area contributed by atoms with E-state index >= 15 is 0 Å². The normalized spacial score (nSPS) is 15.3. The van der Waals surface area contributed by atoms with Crippen molar-refractivity contribution in [1.29, 1.82) is 0 Å². The molecule has 1 amide bonds. The van der Waals surface area contributed by atoms with Gasteiger partial charge in [-0.05, 0) is 55.8 Å². The van der Waals surface area contributed by atoms with E-state index in [2.05, 4.69) is 10.3 Å². The molecule has 3 heterocycles. The number of fused-ring (bicyclic) bond motifs is 2. The zero-order valence-electron chi connectivity index (χ0n) is 21.7. The molecule has 0 aliphatic carbocycles. The van der Waals surface area contributed by atoms with Gasteiger partial charge in [-0.25, -0.2) is 4.99 Å². The van der Waals surface area contributed by atoms with E-state index < -0.39 is 6.04 Å². The number of ether oxygens (including phenoxy) is 1. The minimum atomic E-state index is -0.651. The minimum Gasteiger partial charge on any atom is -0.497 e. The van der Waals surface area contributed by atoms with Crippen LogP contribution in [0.2, 0.25) is 0 Å². The fourth-order valence-electron chi connectivity index (χ4n) is 5.05. The lowest BCUT2D eigenvalue weighted by molar-refractivity contribution is -0.113. The van der Waals surface area contributed by atoms with Crippen LogP contribution in [-0.2, 0) is 4.79 Å². The molecule has 0 bridgehead atoms. The molecule has 6 rings (SSSR count). The van der Waals surface area contributed by atoms with E-state index in [1.54, 1.807) is 11.7 Å². The summed E-state index contributed by atoms with van der Waals surface area (Å²) in [5.74, 6) is 0.391. The zero-order valence-corrected chi connectivity index (χ0v) is 22.5. The molecule has 0 radical (unpaired) electrons. The van der Waals surface area contributed by atoms with E-state index in [0.29, 0.717) is 32.0 Å². The van der Waals surface area contributed by atoms with Gasteiger partial charge < -0.3 is 15.0 Å². The largest absolute Gasteiger partial charge is 0.497 e. The minimum absolute atomic E-state index is 0.193. The number of anilines is 1. The number of methoxy groups -OCH3 is 1. The van der Waals surface area contributed by atoms with E-state index in [4.69, 9.17) is 9.73 Å². The van der Waals surface area contributed by atoms with Crippen molar-refractivity contribution in [3.63, 3.8) is 0 Å². The fraction of sp³-hybridized carbons (Fsp3) is 0.129. The Morgan fingerprint density at radius 3 is 2.49 bits per heavy atom. The third-order valence-corrected chi connectivity index (χ3v) is 7.93. The first-order valence-corrected chi connectivity index (χ1v) is 13.4. The number of carbonyl (C=O) groups is 1. The van der Waals surface area contributed by atoms with Crippen LogP contribution in [0.1, 0.15) is 29.8 Å². The summed E-state index contributed by atoms with van der Waals surface area (Å²) in [6, 6.07) is 24.1. The van der Waals surface area contributed by atoms with Gasteiger partial charge >= 0.3 is 0 Å². The summed E-state index contributed by atoms with van der Waals surface area (Å²) in [5.41, 5.74) is 5.22. The quantitative estimate of drug-likeness (QED) is 0.343. The molecule has 0 saturated carbocycles. The van der Waals surface area contributed by atoms with Gasteiger partial charge in [-0.3, -0.25) is 14.2 Å². The summed E-state index contributed by atoms with van der Waals surface area (Å²) < 4.78 is 7.54. The molecule has 8 heteroatoms. The summed E-state index contributed by atoms with van der Waals surface area (Å²) >= 11 is 1.33. The molecule has 2 N–H and O–H groups in total. The van der Waals surface area contributed by atoms with E-state index in [9.17, 15) is 9.59 Å². The number of amides is 1. The molecule has 0 fully saturated rings. The number of hydrogen-bond donors (Lipinski definition) is 2. The lowest BCUT2D eigenvalue weighted by Gasteiger charge is -2.25. The van der Waals surface area contributed by atoms with Crippen LogP contribution in [0, 0.1) is 6.92 Å². The van der Waals surface area contributed by atoms with Crippen molar-refractivity contribution < 1.29 is 9.53 Å². The molecule has 0 unspecified atom stereocenters. The van der Waals surface area contributed by atoms with Gasteiger partial charge in [0, 0.05) is 27.8 Å². The standard InChI is InChI=1S/C31H26N4O3S/c1-18-24(23-11-7-8-12-25(23)32-18)17-26-30(37)35-28(20-13-15-22(38-3)16-14-20)27(19(2)33-31(35)39-26)29(36)34-21-9-5-4-6-10-21/h4-17,28,32H,1-3H3,(H,34,36)/b26-17+/t28-/m0/s1. The molecule has 2 aromatic heterocycles. The Hall–Kier alpha value is -4.69. The van der Waals surface area contributed by atoms with Crippen LogP contribution in [0.3, 0.4) is 0 Å². The van der Waals surface area contributed by atoms with Gasteiger partial charge in [-0.15, -0.1) is 0 Å². The summed E-state index contributed by atoms with van der Waals surface area (Å²) in [6.45, 7) is 3.82. The molecule has 1 atom stereocenters. The Kier molecular flexibility index (Phi) is 6.24. The second kappa shape index (κ2) is 9.89. The maximum absolute atomic E-state index is 14.0. The van der Waals surface area contributed by atoms with Crippen LogP contribution in [0.15, 0.2) is 99.9 Å². The van der Waals surface area contributed by atoms with Crippen molar-refractivity contribution in [2.45, 2.75) is 19.9 Å². The van der Waals surface area contributed by atoms with Crippen LogP contribution < -0.4 is 24.9 Å². The van der Waals surface area contributed by atoms with Crippen LogP contribution in [0.5, 0.6) is 5.75 Å². The number of thiazole rings is 1. The van der Waals surface area contributed by atoms with Crippen molar-refractivity contribution in [2.75, 3.05) is 12.4 Å². The molecule has 3 aromatic carbocycles. The predicted molar refractivity (Wildman–Crippen MR) is 155 cm³/mol. The number of carbonyl (C=O) groups excluding carboxylic acids is 1. The second-order valence-electron chi connectivity index (χ2n) is 9.38. The SMILES string of the molecule is COc1ccc([C@H]2C(C(=O)Nc3ccccc3)=C(C)N=c3s/c(=C/c4c(C)[nH]c5ccccc45)c(=O)n32)cc1. The Morgan fingerprint density at radius 1 is 1.03 bits per heavy atom. The number of benzene rings is 3. The predicted octanol–water partition coefficient (Wildman–Crippen LogP) is 4.67. The molecule has 1 aliphatic rings. The first-order valence-electron chi connectivity index (χ1n) is 12.5. The van der Waals surface area contributed by atoms with E-state index in [-0.39, 0.29) is 11.5 Å². The number of aromatic nitrogens is 2. The first kappa shape index (κ1) is 24.6. The van der Waals surface area contributed by atoms with Gasteiger partial charge in [0.1, 0.15) is 5.75 Å². The highest BCUT2D eigenvalue weighted by Crippen LogP contribution is 2.32. The molecular weight excluding hydrogens is 508 g/mol. The second-order valence-corrected chi connectivity index (χ2v) is 10.4. The molecule has 1 aliphatic heterocycles. The number of nitrogens with zero attached hydrogens (tertiary/aromatic N) is 2. The van der Waals surface area contributed by atoms with Crippen molar-refractivity contribution in [1.82, 2.24) is 9.55 Å². The number of aryl methyl sites for hydroxylation is 1. The van der Waals surface area contributed by atoms with E-state index in [1.165, 1.54) is 11.3 Å². The molecule has 5 aromatic rings. The highest BCUT2D eigenvalue weighted by molar-refractivity contribution is 7.07. The van der Waals surface area contributed by atoms with Crippen molar-refractivity contribution in [2.24, 2.45) is 4.99 Å². The Morgan fingerprint density at radius 2 is 1.74 bits per heavy atom. The van der Waals surface area contributed by atoms with Gasteiger partial charge in [0.15, 0.2) is 4.80 Å². The molecule has 7 nitrogen and oxygen atoms in total. The number of rotatable bonds is 5. The van der Waals surface area contributed by atoms with Crippen molar-refractivity contribution in [3.8, 4) is 5.75 Å². The van der Waals surface area contributed by atoms with Gasteiger partial charge in [0.05, 0.1) is 29.0 Å². The fourth-order valence-corrected chi connectivity index (χ4v) is 6.08. The van der Waals surface area contributed by atoms with Crippen molar-refractivity contribution >= 4 is 39.9 Å². The number of para-hydroxylation sites is 2. The number of H-pyrrole nitrogens is 1. The molecule has 39 heavy (non-hydrogen) atoms. The highest BCUT2D eigenvalue weighted by Gasteiger charge is 2.32. The Labute approximate surface area is 228 Å². The number of aromatic amines is 1. The van der Waals surface area contributed by atoms with Gasteiger partial charge in [0.25, 0.3) is 11.5 Å². The van der Waals surface area contributed by atoms with Gasteiger partial charge in [-0.2, -0.15) is 0 Å². The maximum Gasteiger partial charge on any atom is 0.271 e. The first-order chi connectivity index (χ1) is 18.9. The molecule has 194 valence electrons. The zero-order chi connectivity index (χ0) is 27.1. The summed E-state index contributed by atoms with van der Waals surface area (Å²) in [7, 11) is 1.60. The summed E-state index contributed by atoms with van der Waals surface area (Å²) in [5, 5.41) is 4.03. The van der Waals surface area contributed by atoms with E-state index in [0.717, 1.165) is 27.7 Å². The van der Waals surface area contributed by atoms with Gasteiger partial charge in [-0.1, -0.05) is 59.9 Å². The van der Waals surface area contributed by atoms with Crippen LogP contribution in [0.4, 0.5) is 5.69 Å². The Bertz CT molecular complexity index is 1930. The third-order valence-electron chi connectivity index (χ3n) is 6.95. The monoisotopic (exact) mass is 534 g/mol. The van der Waals surface area contributed by atoms with Crippen LogP contribution in [0.25, 0.3) is 17.0 Å². The molecular formula is C31H26N4O3S. The highest BCUT2D eigenvalue weighted by atomic mass is 32.1. The van der Waals surface area contributed by atoms with Crippen LogP contribution >= 0.6 is 11.3 Å². The summed E-state index contributed by atoms with van der Waals surface area (Å²) in [6.07, 6.45) is 1.92. The number of hydrogen-bond acceptors (Lipinski definition) is 5. The summed E-state index contributed by atoms with van der Waals surface area (Å²) in [4.78, 5) is 36.4. The Balaban J connectivity index is 1.53. The van der Waals surface area contributed by atoms with E-state index in [1.807, 2.05) is 98.8 Å². The van der Waals surface area contributed by atoms with Gasteiger partial charge in [0.2, 0.25) is 0 Å². The average molecular weight is 535 g/mol. The average Bonchev–Trinajstić information content (AvgIpc) is 3.43. The smallest absolute Gasteiger partial charge is 0.271 e. The van der Waals surface area contributed by atoms with Crippen LogP contribution in [-0.4, -0.2) is 22.6 Å². The third kappa shape index (κ3) is 4.38. The van der Waals surface area contributed by atoms with Crippen molar-refractivity contribution in [3.05, 3.63) is 127 Å². The number of allylic oxidation sites excluding steroid dienone is 1. The molecule has 0 spiro atoms. The lowest BCUT2D eigenvalue weighted by atomic mass is 9.95. The maximum atomic E-state index is 14.0. The number of nitrogens with one attached hydrogen (secondary N) is 2. The lowest BCUT2D eigenvalue weighted by Crippen LogP contribution is -2.40. The topological polar surface area (TPSA) is 88.5 Å².